The Kier molecular flexibility index (Phi) is 6.92. The van der Waals surface area contributed by atoms with E-state index < -0.39 is 12.1 Å². The van der Waals surface area contributed by atoms with E-state index in [0.29, 0.717) is 0 Å². The lowest BCUT2D eigenvalue weighted by atomic mass is 10.1. The molecule has 0 spiro atoms. The molecule has 1 atom stereocenters. The van der Waals surface area contributed by atoms with E-state index in [9.17, 15) is 14.7 Å². The fourth-order valence-corrected chi connectivity index (χ4v) is 2.11. The predicted molar refractivity (Wildman–Crippen MR) is 92.0 cm³/mol. The number of ketones is 1. The average Bonchev–Trinajstić information content (AvgIpc) is 2.60. The standard InChI is InChI=1S/C20H20O4/c21-18(12-11-16-7-3-1-4-8-16)13-19(22)14-20(23)24-15-17-9-5-2-6-10-17/h1-12,18,21H,13-15H2/b12-11+. The molecule has 2 aromatic carbocycles. The summed E-state index contributed by atoms with van der Waals surface area (Å²) in [5.74, 6) is -0.929. The molecule has 0 aliphatic rings. The van der Waals surface area contributed by atoms with Crippen LogP contribution >= 0.6 is 0 Å². The monoisotopic (exact) mass is 324 g/mol. The molecule has 2 aromatic rings. The van der Waals surface area contributed by atoms with Crippen molar-refractivity contribution in [3.8, 4) is 0 Å². The van der Waals surface area contributed by atoms with Gasteiger partial charge in [0.25, 0.3) is 0 Å². The Morgan fingerprint density at radius 3 is 2.29 bits per heavy atom. The van der Waals surface area contributed by atoms with Crippen LogP contribution in [0.5, 0.6) is 0 Å². The van der Waals surface area contributed by atoms with E-state index >= 15 is 0 Å². The molecule has 24 heavy (non-hydrogen) atoms. The maximum Gasteiger partial charge on any atom is 0.313 e. The molecule has 1 unspecified atom stereocenters. The van der Waals surface area contributed by atoms with Crippen molar-refractivity contribution in [3.63, 3.8) is 0 Å². The number of benzene rings is 2. The maximum atomic E-state index is 11.8. The van der Waals surface area contributed by atoms with Gasteiger partial charge < -0.3 is 9.84 Å². The summed E-state index contributed by atoms with van der Waals surface area (Å²) >= 11 is 0. The van der Waals surface area contributed by atoms with Gasteiger partial charge >= 0.3 is 5.97 Å². The maximum absolute atomic E-state index is 11.8. The molecule has 0 saturated carbocycles. The minimum Gasteiger partial charge on any atom is -0.460 e. The number of rotatable bonds is 8. The zero-order chi connectivity index (χ0) is 17.2. The van der Waals surface area contributed by atoms with Gasteiger partial charge in [0, 0.05) is 6.42 Å². The van der Waals surface area contributed by atoms with Gasteiger partial charge in [-0.2, -0.15) is 0 Å². The van der Waals surface area contributed by atoms with Crippen molar-refractivity contribution in [3.05, 3.63) is 77.9 Å². The third kappa shape index (κ3) is 6.58. The second-order valence-electron chi connectivity index (χ2n) is 5.40. The van der Waals surface area contributed by atoms with Crippen LogP contribution in [0.4, 0.5) is 0 Å². The highest BCUT2D eigenvalue weighted by Crippen LogP contribution is 2.06. The SMILES string of the molecule is O=C(CC(=O)OCc1ccccc1)CC(O)/C=C/c1ccccc1. The number of carbonyl (C=O) groups is 2. The molecule has 0 bridgehead atoms. The van der Waals surface area contributed by atoms with Crippen LogP contribution in [-0.2, 0) is 20.9 Å². The Hall–Kier alpha value is -2.72. The Balaban J connectivity index is 1.71. The van der Waals surface area contributed by atoms with E-state index in [2.05, 4.69) is 0 Å². The highest BCUT2D eigenvalue weighted by Gasteiger charge is 2.14. The summed E-state index contributed by atoms with van der Waals surface area (Å²) in [5.41, 5.74) is 1.80. The van der Waals surface area contributed by atoms with Crippen molar-refractivity contribution in [1.29, 1.82) is 0 Å². The number of esters is 1. The van der Waals surface area contributed by atoms with Gasteiger partial charge in [-0.3, -0.25) is 9.59 Å². The number of aliphatic hydroxyl groups excluding tert-OH is 1. The lowest BCUT2D eigenvalue weighted by Gasteiger charge is -2.06. The second kappa shape index (κ2) is 9.43. The number of Topliss-reactive ketones (excluding diaryl/α,β-unsaturated/α-hetero) is 1. The van der Waals surface area contributed by atoms with Crippen LogP contribution in [0.3, 0.4) is 0 Å². The molecule has 2 rings (SSSR count). The molecule has 1 N–H and O–H groups in total. The number of hydrogen-bond acceptors (Lipinski definition) is 4. The van der Waals surface area contributed by atoms with Gasteiger partial charge in [-0.25, -0.2) is 0 Å². The quantitative estimate of drug-likeness (QED) is 0.598. The Morgan fingerprint density at radius 1 is 1.00 bits per heavy atom. The van der Waals surface area contributed by atoms with Gasteiger partial charge in [-0.1, -0.05) is 72.8 Å². The first-order valence-electron chi connectivity index (χ1n) is 7.76. The van der Waals surface area contributed by atoms with Crippen molar-refractivity contribution in [2.45, 2.75) is 25.6 Å². The van der Waals surface area contributed by atoms with Crippen molar-refractivity contribution in [2.24, 2.45) is 0 Å². The first kappa shape index (κ1) is 17.6. The van der Waals surface area contributed by atoms with Gasteiger partial charge in [0.2, 0.25) is 0 Å². The van der Waals surface area contributed by atoms with Crippen LogP contribution in [0, 0.1) is 0 Å². The molecule has 4 heteroatoms. The summed E-state index contributed by atoms with van der Waals surface area (Å²) in [7, 11) is 0. The molecular weight excluding hydrogens is 304 g/mol. The lowest BCUT2D eigenvalue weighted by Crippen LogP contribution is -2.16. The Bertz CT molecular complexity index is 677. The third-order valence-corrected chi connectivity index (χ3v) is 3.33. The summed E-state index contributed by atoms with van der Waals surface area (Å²) in [4.78, 5) is 23.4. The molecular formula is C20H20O4. The Morgan fingerprint density at radius 2 is 1.62 bits per heavy atom. The van der Waals surface area contributed by atoms with Crippen LogP contribution in [0.1, 0.15) is 24.0 Å². The average molecular weight is 324 g/mol. The van der Waals surface area contributed by atoms with Crippen molar-refractivity contribution in [2.75, 3.05) is 0 Å². The van der Waals surface area contributed by atoms with Crippen molar-refractivity contribution in [1.82, 2.24) is 0 Å². The van der Waals surface area contributed by atoms with E-state index in [0.717, 1.165) is 11.1 Å². The zero-order valence-corrected chi connectivity index (χ0v) is 13.3. The van der Waals surface area contributed by atoms with Gasteiger partial charge in [0.15, 0.2) is 0 Å². The summed E-state index contributed by atoms with van der Waals surface area (Å²) in [6, 6.07) is 18.7. The first-order chi connectivity index (χ1) is 11.6. The number of carbonyl (C=O) groups excluding carboxylic acids is 2. The van der Waals surface area contributed by atoms with Crippen LogP contribution in [0.2, 0.25) is 0 Å². The molecule has 4 nitrogen and oxygen atoms in total. The fourth-order valence-electron chi connectivity index (χ4n) is 2.11. The predicted octanol–water partition coefficient (Wildman–Crippen LogP) is 3.15. The molecule has 0 aliphatic heterocycles. The summed E-state index contributed by atoms with van der Waals surface area (Å²) in [5, 5.41) is 9.84. The van der Waals surface area contributed by atoms with Gasteiger partial charge in [-0.15, -0.1) is 0 Å². The normalized spacial score (nSPS) is 12.0. The summed E-state index contributed by atoms with van der Waals surface area (Å²) in [6.45, 7) is 0.142. The third-order valence-electron chi connectivity index (χ3n) is 3.33. The minimum atomic E-state index is -0.917. The lowest BCUT2D eigenvalue weighted by molar-refractivity contribution is -0.147. The molecule has 0 fully saturated rings. The van der Waals surface area contributed by atoms with Crippen LogP contribution < -0.4 is 0 Å². The number of ether oxygens (including phenoxy) is 1. The Labute approximate surface area is 141 Å². The first-order valence-corrected chi connectivity index (χ1v) is 7.76. The molecule has 0 amide bonds. The fraction of sp³-hybridized carbons (Fsp3) is 0.200. The van der Waals surface area contributed by atoms with Gasteiger partial charge in [0.05, 0.1) is 6.10 Å². The van der Waals surface area contributed by atoms with E-state index in [1.165, 1.54) is 0 Å². The molecule has 0 heterocycles. The molecule has 0 radical (unpaired) electrons. The second-order valence-corrected chi connectivity index (χ2v) is 5.40. The summed E-state index contributed by atoms with van der Waals surface area (Å²) < 4.78 is 5.05. The molecule has 0 aromatic heterocycles. The number of hydrogen-bond donors (Lipinski definition) is 1. The van der Waals surface area contributed by atoms with Crippen molar-refractivity contribution >= 4 is 17.8 Å². The molecule has 0 saturated heterocycles. The topological polar surface area (TPSA) is 63.6 Å². The summed E-state index contributed by atoms with van der Waals surface area (Å²) in [6.07, 6.45) is 1.93. The largest absolute Gasteiger partial charge is 0.460 e. The van der Waals surface area contributed by atoms with Crippen molar-refractivity contribution < 1.29 is 19.4 Å². The molecule has 0 aliphatic carbocycles. The smallest absolute Gasteiger partial charge is 0.313 e. The highest BCUT2D eigenvalue weighted by atomic mass is 16.5. The van der Waals surface area contributed by atoms with Gasteiger partial charge in [0.1, 0.15) is 18.8 Å². The van der Waals surface area contributed by atoms with E-state index in [4.69, 9.17) is 4.74 Å². The van der Waals surface area contributed by atoms with E-state index in [1.807, 2.05) is 60.7 Å². The van der Waals surface area contributed by atoms with Crippen LogP contribution in [-0.4, -0.2) is 23.0 Å². The van der Waals surface area contributed by atoms with E-state index in [1.54, 1.807) is 12.2 Å². The van der Waals surface area contributed by atoms with Gasteiger partial charge in [-0.05, 0) is 11.1 Å². The van der Waals surface area contributed by atoms with Crippen LogP contribution in [0.15, 0.2) is 66.7 Å². The highest BCUT2D eigenvalue weighted by molar-refractivity contribution is 5.95. The number of aliphatic hydroxyl groups is 1. The van der Waals surface area contributed by atoms with E-state index in [-0.39, 0.29) is 25.2 Å². The van der Waals surface area contributed by atoms with Crippen LogP contribution in [0.25, 0.3) is 6.08 Å². The molecule has 124 valence electrons. The minimum absolute atomic E-state index is 0.107. The zero-order valence-electron chi connectivity index (χ0n) is 13.3.